The highest BCUT2D eigenvalue weighted by Gasteiger charge is 2.12. The summed E-state index contributed by atoms with van der Waals surface area (Å²) in [6.07, 6.45) is -2.95. The summed E-state index contributed by atoms with van der Waals surface area (Å²) < 4.78 is 52.2. The predicted molar refractivity (Wildman–Crippen MR) is 47.5 cm³/mol. The molecule has 1 nitrogen and oxygen atoms in total. The fraction of sp³-hybridized carbons (Fsp3) is 0.400. The Hall–Kier alpha value is -1.26. The van der Waals surface area contributed by atoms with Gasteiger partial charge in [0.05, 0.1) is 0 Å². The van der Waals surface area contributed by atoms with Crippen LogP contribution in [0.3, 0.4) is 0 Å². The highest BCUT2D eigenvalue weighted by Crippen LogP contribution is 2.24. The number of rotatable bonds is 4. The normalized spacial score (nSPS) is 11.1. The lowest BCUT2D eigenvalue weighted by molar-refractivity contribution is -0.0503. The average Bonchev–Trinajstić information content (AvgIpc) is 2.10. The van der Waals surface area contributed by atoms with Crippen LogP contribution < -0.4 is 4.74 Å². The summed E-state index contributed by atoms with van der Waals surface area (Å²) in [6, 6.07) is 4.22. The average molecular weight is 222 g/mol. The molecule has 0 aliphatic rings. The van der Waals surface area contributed by atoms with Crippen LogP contribution in [0.25, 0.3) is 0 Å². The summed E-state index contributed by atoms with van der Waals surface area (Å²) in [6.45, 7) is -1.46. The van der Waals surface area contributed by atoms with Crippen molar-refractivity contribution in [2.75, 3.05) is 0 Å². The van der Waals surface area contributed by atoms with Gasteiger partial charge >= 0.3 is 6.61 Å². The van der Waals surface area contributed by atoms with E-state index in [-0.39, 0.29) is 5.75 Å². The lowest BCUT2D eigenvalue weighted by Gasteiger charge is -2.11. The topological polar surface area (TPSA) is 9.23 Å². The molecule has 15 heavy (non-hydrogen) atoms. The molecular formula is C10H10F4O. The molecule has 0 unspecified atom stereocenters. The van der Waals surface area contributed by atoms with Gasteiger partial charge in [-0.05, 0) is 24.1 Å². The van der Waals surface area contributed by atoms with Crippen LogP contribution in [0.5, 0.6) is 5.75 Å². The third-order valence-corrected chi connectivity index (χ3v) is 1.99. The monoisotopic (exact) mass is 222 g/mol. The molecule has 0 aliphatic heterocycles. The Bertz CT molecular complexity index is 297. The molecule has 1 aromatic carbocycles. The summed E-state index contributed by atoms with van der Waals surface area (Å²) in [7, 11) is 0. The molecule has 0 radical (unpaired) electrons. The Morgan fingerprint density at radius 2 is 1.87 bits per heavy atom. The third kappa shape index (κ3) is 3.42. The van der Waals surface area contributed by atoms with Gasteiger partial charge in [-0.3, -0.25) is 0 Å². The molecule has 1 rings (SSSR count). The molecule has 0 N–H and O–H groups in total. The van der Waals surface area contributed by atoms with E-state index >= 15 is 0 Å². The van der Waals surface area contributed by atoms with Crippen molar-refractivity contribution in [2.45, 2.75) is 26.4 Å². The van der Waals surface area contributed by atoms with E-state index in [1.165, 1.54) is 25.1 Å². The molecule has 0 aliphatic carbocycles. The summed E-state index contributed by atoms with van der Waals surface area (Å²) in [5.41, 5.74) is 0.654. The zero-order chi connectivity index (χ0) is 11.4. The van der Waals surface area contributed by atoms with Crippen molar-refractivity contribution in [2.24, 2.45) is 0 Å². The van der Waals surface area contributed by atoms with E-state index in [0.717, 1.165) is 0 Å². The van der Waals surface area contributed by atoms with Crippen LogP contribution in [0.2, 0.25) is 0 Å². The summed E-state index contributed by atoms with van der Waals surface area (Å²) in [4.78, 5) is 0. The van der Waals surface area contributed by atoms with Gasteiger partial charge in [0.1, 0.15) is 5.75 Å². The number of hydrogen-bond donors (Lipinski definition) is 0. The molecule has 0 saturated heterocycles. The van der Waals surface area contributed by atoms with Crippen molar-refractivity contribution in [1.82, 2.24) is 0 Å². The van der Waals surface area contributed by atoms with Crippen molar-refractivity contribution in [3.63, 3.8) is 0 Å². The Balaban J connectivity index is 2.90. The summed E-state index contributed by atoms with van der Waals surface area (Å²) in [5.74, 6) is -0.0526. The van der Waals surface area contributed by atoms with Gasteiger partial charge in [0.2, 0.25) is 6.43 Å². The number of hydrogen-bond acceptors (Lipinski definition) is 1. The molecule has 84 valence electrons. The first-order valence-corrected chi connectivity index (χ1v) is 4.32. The van der Waals surface area contributed by atoms with E-state index in [1.54, 1.807) is 0 Å². The zero-order valence-corrected chi connectivity index (χ0v) is 8.01. The molecule has 0 atom stereocenters. The number of halogens is 4. The molecular weight excluding hydrogens is 212 g/mol. The van der Waals surface area contributed by atoms with Crippen molar-refractivity contribution in [1.29, 1.82) is 0 Å². The maximum atomic E-state index is 12.1. The first kappa shape index (κ1) is 11.8. The Kier molecular flexibility index (Phi) is 3.94. The van der Waals surface area contributed by atoms with Crippen LogP contribution in [-0.4, -0.2) is 13.0 Å². The minimum Gasteiger partial charge on any atom is -0.435 e. The van der Waals surface area contributed by atoms with Crippen LogP contribution in [0, 0.1) is 6.92 Å². The van der Waals surface area contributed by atoms with Gasteiger partial charge in [-0.2, -0.15) is 8.78 Å². The van der Waals surface area contributed by atoms with Gasteiger partial charge in [-0.15, -0.1) is 0 Å². The number of benzene rings is 1. The zero-order valence-electron chi connectivity index (χ0n) is 8.01. The lowest BCUT2D eigenvalue weighted by Crippen LogP contribution is -2.06. The SMILES string of the molecule is Cc1c(CC(F)F)cccc1OC(F)F. The minimum absolute atomic E-state index is 0.0526. The molecule has 0 amide bonds. The minimum atomic E-state index is -2.94. The standard InChI is InChI=1S/C10H10F4O/c1-6-7(5-9(11)12)3-2-4-8(6)15-10(13)14/h2-4,9-10H,5H2,1H3. The predicted octanol–water partition coefficient (Wildman–Crippen LogP) is 3.40. The van der Waals surface area contributed by atoms with Crippen LogP contribution in [0.4, 0.5) is 17.6 Å². The van der Waals surface area contributed by atoms with E-state index < -0.39 is 19.5 Å². The molecule has 0 saturated carbocycles. The molecule has 0 aromatic heterocycles. The Labute approximate surface area is 84.7 Å². The quantitative estimate of drug-likeness (QED) is 0.709. The van der Waals surface area contributed by atoms with Crippen LogP contribution in [0.1, 0.15) is 11.1 Å². The smallest absolute Gasteiger partial charge is 0.387 e. The summed E-state index contributed by atoms with van der Waals surface area (Å²) >= 11 is 0. The van der Waals surface area contributed by atoms with Crippen molar-refractivity contribution < 1.29 is 22.3 Å². The van der Waals surface area contributed by atoms with E-state index in [2.05, 4.69) is 4.74 Å². The Morgan fingerprint density at radius 1 is 1.20 bits per heavy atom. The molecule has 0 spiro atoms. The van der Waals surface area contributed by atoms with Crippen LogP contribution in [-0.2, 0) is 6.42 Å². The highest BCUT2D eigenvalue weighted by molar-refractivity contribution is 5.39. The molecule has 0 fully saturated rings. The molecule has 0 heterocycles. The fourth-order valence-corrected chi connectivity index (χ4v) is 1.27. The van der Waals surface area contributed by atoms with Crippen molar-refractivity contribution in [3.8, 4) is 5.75 Å². The van der Waals surface area contributed by atoms with E-state index in [1.807, 2.05) is 0 Å². The first-order valence-electron chi connectivity index (χ1n) is 4.32. The third-order valence-electron chi connectivity index (χ3n) is 1.99. The lowest BCUT2D eigenvalue weighted by atomic mass is 10.1. The Morgan fingerprint density at radius 3 is 2.40 bits per heavy atom. The van der Waals surface area contributed by atoms with Gasteiger partial charge in [0, 0.05) is 6.42 Å². The number of ether oxygens (including phenoxy) is 1. The maximum Gasteiger partial charge on any atom is 0.387 e. The van der Waals surface area contributed by atoms with Gasteiger partial charge in [-0.25, -0.2) is 8.78 Å². The number of alkyl halides is 4. The van der Waals surface area contributed by atoms with Gasteiger partial charge < -0.3 is 4.74 Å². The van der Waals surface area contributed by atoms with Crippen LogP contribution in [0.15, 0.2) is 18.2 Å². The largest absolute Gasteiger partial charge is 0.435 e. The van der Waals surface area contributed by atoms with E-state index in [0.29, 0.717) is 11.1 Å². The van der Waals surface area contributed by atoms with Crippen molar-refractivity contribution >= 4 is 0 Å². The van der Waals surface area contributed by atoms with E-state index in [4.69, 9.17) is 0 Å². The van der Waals surface area contributed by atoms with Crippen molar-refractivity contribution in [3.05, 3.63) is 29.3 Å². The second kappa shape index (κ2) is 5.00. The summed E-state index contributed by atoms with van der Waals surface area (Å²) in [5, 5.41) is 0. The first-order chi connectivity index (χ1) is 7.00. The highest BCUT2D eigenvalue weighted by atomic mass is 19.3. The van der Waals surface area contributed by atoms with Crippen LogP contribution >= 0.6 is 0 Å². The molecule has 1 aromatic rings. The second-order valence-electron chi connectivity index (χ2n) is 3.01. The van der Waals surface area contributed by atoms with Gasteiger partial charge in [0.25, 0.3) is 0 Å². The van der Waals surface area contributed by atoms with Gasteiger partial charge in [-0.1, -0.05) is 12.1 Å². The maximum absolute atomic E-state index is 12.1. The fourth-order valence-electron chi connectivity index (χ4n) is 1.27. The second-order valence-corrected chi connectivity index (χ2v) is 3.01. The molecule has 5 heteroatoms. The van der Waals surface area contributed by atoms with Gasteiger partial charge in [0.15, 0.2) is 0 Å². The van der Waals surface area contributed by atoms with E-state index in [9.17, 15) is 17.6 Å². The molecule has 0 bridgehead atoms.